The van der Waals surface area contributed by atoms with Crippen LogP contribution in [0.2, 0.25) is 0 Å². The molecule has 0 spiro atoms. The summed E-state index contributed by atoms with van der Waals surface area (Å²) in [6.45, 7) is 2.23. The second-order valence-electron chi connectivity index (χ2n) is 10.2. The summed E-state index contributed by atoms with van der Waals surface area (Å²) in [5, 5.41) is 7.67. The van der Waals surface area contributed by atoms with Crippen LogP contribution in [0.1, 0.15) is 16.7 Å². The zero-order chi connectivity index (χ0) is 26.9. The highest BCUT2D eigenvalue weighted by atomic mass is 15.1. The highest BCUT2D eigenvalue weighted by Crippen LogP contribution is 2.39. The van der Waals surface area contributed by atoms with Gasteiger partial charge in [0.05, 0.1) is 5.69 Å². The van der Waals surface area contributed by atoms with Crippen molar-refractivity contribution in [3.05, 3.63) is 162 Å². The van der Waals surface area contributed by atoms with E-state index in [-0.39, 0.29) is 0 Å². The van der Waals surface area contributed by atoms with Crippen molar-refractivity contribution >= 4 is 61.5 Å². The average molecular weight is 512 g/mol. The fourth-order valence-corrected chi connectivity index (χ4v) is 5.88. The van der Waals surface area contributed by atoms with Crippen molar-refractivity contribution in [3.8, 4) is 0 Å². The molecule has 0 aliphatic heterocycles. The minimum absolute atomic E-state index is 1.13. The third kappa shape index (κ3) is 4.22. The van der Waals surface area contributed by atoms with E-state index in [1.165, 1.54) is 54.7 Å². The maximum Gasteiger partial charge on any atom is 0.0540 e. The molecule has 1 nitrogen and oxygen atoms in total. The molecular formula is C39H29N. The molecular weight excluding hydrogens is 482 g/mol. The summed E-state index contributed by atoms with van der Waals surface area (Å²) in [6, 6.07) is 52.0. The lowest BCUT2D eigenvalue weighted by Gasteiger charge is -2.27. The third-order valence-corrected chi connectivity index (χ3v) is 7.86. The average Bonchev–Trinajstić information content (AvgIpc) is 3.02. The fraction of sp³-hybridized carbons (Fsp3) is 0.0256. The molecule has 0 atom stereocenters. The Morgan fingerprint density at radius 1 is 0.425 bits per heavy atom. The van der Waals surface area contributed by atoms with Crippen LogP contribution in [0.15, 0.2) is 146 Å². The topological polar surface area (TPSA) is 3.24 Å². The lowest BCUT2D eigenvalue weighted by atomic mass is 9.92. The van der Waals surface area contributed by atoms with Crippen LogP contribution < -0.4 is 4.90 Å². The second-order valence-corrected chi connectivity index (χ2v) is 10.2. The van der Waals surface area contributed by atoms with Gasteiger partial charge < -0.3 is 4.90 Å². The molecule has 7 aromatic carbocycles. The number of fused-ring (bicyclic) bond motifs is 3. The van der Waals surface area contributed by atoms with Gasteiger partial charge in [-0.1, -0.05) is 127 Å². The Balaban J connectivity index is 1.31. The van der Waals surface area contributed by atoms with E-state index in [2.05, 4.69) is 170 Å². The van der Waals surface area contributed by atoms with E-state index in [0.717, 1.165) is 11.4 Å². The van der Waals surface area contributed by atoms with Crippen molar-refractivity contribution in [3.63, 3.8) is 0 Å². The number of rotatable bonds is 5. The summed E-state index contributed by atoms with van der Waals surface area (Å²) < 4.78 is 0. The zero-order valence-electron chi connectivity index (χ0n) is 22.5. The molecule has 0 heterocycles. The van der Waals surface area contributed by atoms with Crippen LogP contribution >= 0.6 is 0 Å². The van der Waals surface area contributed by atoms with Crippen LogP contribution in [-0.4, -0.2) is 0 Å². The fourth-order valence-electron chi connectivity index (χ4n) is 5.88. The van der Waals surface area contributed by atoms with Gasteiger partial charge in [0.15, 0.2) is 0 Å². The van der Waals surface area contributed by atoms with Gasteiger partial charge in [-0.15, -0.1) is 0 Å². The van der Waals surface area contributed by atoms with Crippen molar-refractivity contribution < 1.29 is 0 Å². The van der Waals surface area contributed by atoms with Gasteiger partial charge in [-0.2, -0.15) is 0 Å². The normalized spacial score (nSPS) is 11.5. The lowest BCUT2D eigenvalue weighted by molar-refractivity contribution is 1.30. The number of para-hydroxylation sites is 1. The first kappa shape index (κ1) is 23.9. The molecule has 0 aliphatic rings. The van der Waals surface area contributed by atoms with E-state index in [1.54, 1.807) is 0 Å². The molecule has 0 radical (unpaired) electrons. The van der Waals surface area contributed by atoms with Crippen molar-refractivity contribution in [1.29, 1.82) is 0 Å². The van der Waals surface area contributed by atoms with Gasteiger partial charge in [-0.25, -0.2) is 0 Å². The Hall–Kier alpha value is -5.14. The smallest absolute Gasteiger partial charge is 0.0540 e. The Kier molecular flexibility index (Phi) is 6.11. The minimum Gasteiger partial charge on any atom is -0.310 e. The lowest BCUT2D eigenvalue weighted by Crippen LogP contribution is -2.10. The number of anilines is 3. The molecule has 0 bridgehead atoms. The molecule has 0 fully saturated rings. The number of hydrogen-bond acceptors (Lipinski definition) is 1. The summed E-state index contributed by atoms with van der Waals surface area (Å²) in [5.41, 5.74) is 7.21. The van der Waals surface area contributed by atoms with Crippen molar-refractivity contribution in [2.24, 2.45) is 0 Å². The summed E-state index contributed by atoms with van der Waals surface area (Å²) in [6.07, 6.45) is 4.51. The number of nitrogens with zero attached hydrogens (tertiary/aromatic N) is 1. The molecule has 0 aliphatic carbocycles. The predicted octanol–water partition coefficient (Wildman–Crippen LogP) is 11.1. The Bertz CT molecular complexity index is 1940. The van der Waals surface area contributed by atoms with Crippen molar-refractivity contribution in [2.75, 3.05) is 4.90 Å². The standard InChI is InChI=1S/C39H29N/c1-28-33-16-7-9-19-36(33)38(37-20-10-8-17-34(28)37)27-24-29-22-25-32(26-23-29)40(31-14-3-2-4-15-31)39-21-11-13-30-12-5-6-18-35(30)39/h2-27H,1H3. The number of hydrogen-bond donors (Lipinski definition) is 0. The molecule has 0 N–H and O–H groups in total. The van der Waals surface area contributed by atoms with Gasteiger partial charge in [-0.3, -0.25) is 0 Å². The summed E-state index contributed by atoms with van der Waals surface area (Å²) in [4.78, 5) is 2.34. The summed E-state index contributed by atoms with van der Waals surface area (Å²) in [7, 11) is 0. The largest absolute Gasteiger partial charge is 0.310 e. The zero-order valence-corrected chi connectivity index (χ0v) is 22.5. The van der Waals surface area contributed by atoms with Gasteiger partial charge in [0, 0.05) is 16.8 Å². The van der Waals surface area contributed by atoms with Crippen LogP contribution in [0.4, 0.5) is 17.1 Å². The van der Waals surface area contributed by atoms with E-state index in [9.17, 15) is 0 Å². The molecule has 0 unspecified atom stereocenters. The first-order valence-electron chi connectivity index (χ1n) is 13.8. The van der Waals surface area contributed by atoms with E-state index in [0.29, 0.717) is 0 Å². The Morgan fingerprint density at radius 2 is 0.950 bits per heavy atom. The SMILES string of the molecule is Cc1c2ccccc2c(C=Cc2ccc(N(c3ccccc3)c3cccc4ccccc34)cc2)c2ccccc12. The summed E-state index contributed by atoms with van der Waals surface area (Å²) >= 11 is 0. The molecule has 0 saturated heterocycles. The van der Waals surface area contributed by atoms with Crippen LogP contribution in [0.25, 0.3) is 44.5 Å². The van der Waals surface area contributed by atoms with Crippen molar-refractivity contribution in [2.45, 2.75) is 6.92 Å². The molecule has 40 heavy (non-hydrogen) atoms. The van der Waals surface area contributed by atoms with Gasteiger partial charge in [0.25, 0.3) is 0 Å². The molecule has 7 aromatic rings. The molecule has 190 valence electrons. The molecule has 0 saturated carbocycles. The minimum atomic E-state index is 1.13. The van der Waals surface area contributed by atoms with E-state index in [4.69, 9.17) is 0 Å². The van der Waals surface area contributed by atoms with Crippen molar-refractivity contribution in [1.82, 2.24) is 0 Å². The van der Waals surface area contributed by atoms with Gasteiger partial charge in [-0.05, 0) is 80.9 Å². The Labute approximate surface area is 235 Å². The maximum atomic E-state index is 2.34. The van der Waals surface area contributed by atoms with E-state index < -0.39 is 0 Å². The first-order valence-corrected chi connectivity index (χ1v) is 13.8. The van der Waals surface area contributed by atoms with E-state index in [1.807, 2.05) is 0 Å². The van der Waals surface area contributed by atoms with Gasteiger partial charge in [0.2, 0.25) is 0 Å². The summed E-state index contributed by atoms with van der Waals surface area (Å²) in [5.74, 6) is 0. The molecule has 1 heteroatoms. The second kappa shape index (κ2) is 10.2. The quantitative estimate of drug-likeness (QED) is 0.164. The van der Waals surface area contributed by atoms with E-state index >= 15 is 0 Å². The van der Waals surface area contributed by atoms with Gasteiger partial charge >= 0.3 is 0 Å². The maximum absolute atomic E-state index is 2.34. The van der Waals surface area contributed by atoms with Crippen LogP contribution in [-0.2, 0) is 0 Å². The van der Waals surface area contributed by atoms with Crippen LogP contribution in [0.3, 0.4) is 0 Å². The highest BCUT2D eigenvalue weighted by molar-refractivity contribution is 6.10. The first-order chi connectivity index (χ1) is 19.8. The molecule has 0 aromatic heterocycles. The van der Waals surface area contributed by atoms with Gasteiger partial charge in [0.1, 0.15) is 0 Å². The highest BCUT2D eigenvalue weighted by Gasteiger charge is 2.15. The number of aryl methyl sites for hydroxylation is 1. The van der Waals surface area contributed by atoms with Crippen LogP contribution in [0.5, 0.6) is 0 Å². The Morgan fingerprint density at radius 3 is 1.62 bits per heavy atom. The van der Waals surface area contributed by atoms with Crippen LogP contribution in [0, 0.1) is 6.92 Å². The molecule has 0 amide bonds. The third-order valence-electron chi connectivity index (χ3n) is 7.86. The monoisotopic (exact) mass is 511 g/mol. The number of benzene rings is 7. The predicted molar refractivity (Wildman–Crippen MR) is 174 cm³/mol. The molecule has 7 rings (SSSR count).